The van der Waals surface area contributed by atoms with E-state index in [1.807, 2.05) is 6.92 Å². The van der Waals surface area contributed by atoms with E-state index in [2.05, 4.69) is 0 Å². The third-order valence-corrected chi connectivity index (χ3v) is 7.91. The van der Waals surface area contributed by atoms with E-state index in [-0.39, 0.29) is 24.1 Å². The molecular weight excluding hydrogens is 484 g/mol. The molecule has 1 aromatic carbocycles. The zero-order chi connectivity index (χ0) is 26.8. The van der Waals surface area contributed by atoms with E-state index in [0.717, 1.165) is 32.1 Å². The van der Waals surface area contributed by atoms with Crippen LogP contribution in [0.25, 0.3) is 0 Å². The fourth-order valence-electron chi connectivity index (χ4n) is 5.80. The van der Waals surface area contributed by atoms with Crippen molar-refractivity contribution >= 4 is 17.4 Å². The van der Waals surface area contributed by atoms with Crippen molar-refractivity contribution in [2.75, 3.05) is 19.8 Å². The SMILES string of the molecule is CC(COC1CCCCO1)C1N(C2CCCCO2)C(=O)C1(C)C(O)(O)C(=O)Cc1ccccc1[N+](=O)[O-]. The molecule has 3 fully saturated rings. The molecule has 0 spiro atoms. The summed E-state index contributed by atoms with van der Waals surface area (Å²) in [6, 6.07) is 4.84. The van der Waals surface area contributed by atoms with Crippen LogP contribution >= 0.6 is 0 Å². The molecule has 11 heteroatoms. The Kier molecular flexibility index (Phi) is 8.29. The molecule has 0 bridgehead atoms. The number of hydrogen-bond donors (Lipinski definition) is 2. The number of aliphatic hydroxyl groups is 2. The molecule has 0 saturated carbocycles. The van der Waals surface area contributed by atoms with Crippen molar-refractivity contribution in [3.05, 3.63) is 39.9 Å². The number of nitro groups is 1. The minimum Gasteiger partial charge on any atom is -0.359 e. The molecule has 11 nitrogen and oxygen atoms in total. The maximum Gasteiger partial charge on any atom is 0.273 e. The Labute approximate surface area is 215 Å². The summed E-state index contributed by atoms with van der Waals surface area (Å²) >= 11 is 0. The van der Waals surface area contributed by atoms with Gasteiger partial charge in [0.25, 0.3) is 5.69 Å². The van der Waals surface area contributed by atoms with Crippen LogP contribution < -0.4 is 0 Å². The van der Waals surface area contributed by atoms with E-state index in [1.165, 1.54) is 36.1 Å². The second-order valence-corrected chi connectivity index (χ2v) is 10.4. The normalized spacial score (nSPS) is 29.5. The van der Waals surface area contributed by atoms with Gasteiger partial charge in [0.15, 0.2) is 12.1 Å². The summed E-state index contributed by atoms with van der Waals surface area (Å²) in [4.78, 5) is 39.1. The van der Waals surface area contributed by atoms with E-state index >= 15 is 0 Å². The summed E-state index contributed by atoms with van der Waals surface area (Å²) in [6.07, 6.45) is 3.52. The Morgan fingerprint density at radius 3 is 2.51 bits per heavy atom. The van der Waals surface area contributed by atoms with Gasteiger partial charge in [0, 0.05) is 37.2 Å². The smallest absolute Gasteiger partial charge is 0.273 e. The zero-order valence-corrected chi connectivity index (χ0v) is 21.3. The number of para-hydroxylation sites is 1. The summed E-state index contributed by atoms with van der Waals surface area (Å²) in [7, 11) is 0. The van der Waals surface area contributed by atoms with Gasteiger partial charge in [0.05, 0.1) is 17.6 Å². The number of nitro benzene ring substituents is 1. The second-order valence-electron chi connectivity index (χ2n) is 10.4. The zero-order valence-electron chi connectivity index (χ0n) is 21.3. The highest BCUT2D eigenvalue weighted by atomic mass is 16.7. The minimum atomic E-state index is -3.07. The van der Waals surface area contributed by atoms with Gasteiger partial charge < -0.3 is 29.3 Å². The van der Waals surface area contributed by atoms with Gasteiger partial charge in [-0.2, -0.15) is 0 Å². The molecule has 3 aliphatic rings. The lowest BCUT2D eigenvalue weighted by molar-refractivity contribution is -0.385. The fraction of sp³-hybridized carbons (Fsp3) is 0.692. The van der Waals surface area contributed by atoms with Crippen LogP contribution in [0.3, 0.4) is 0 Å². The average Bonchev–Trinajstić information content (AvgIpc) is 2.90. The van der Waals surface area contributed by atoms with Crippen molar-refractivity contribution in [3.63, 3.8) is 0 Å². The number of β-lactam (4-membered cyclic amide) rings is 1. The molecule has 0 aromatic heterocycles. The van der Waals surface area contributed by atoms with Crippen LogP contribution in [-0.4, -0.2) is 75.9 Å². The second kappa shape index (κ2) is 11.1. The molecule has 3 saturated heterocycles. The molecule has 5 unspecified atom stereocenters. The van der Waals surface area contributed by atoms with E-state index in [9.17, 15) is 29.9 Å². The van der Waals surface area contributed by atoms with Crippen molar-refractivity contribution in [3.8, 4) is 0 Å². The molecular formula is C26H36N2O9. The number of amides is 1. The maximum absolute atomic E-state index is 13.6. The average molecular weight is 521 g/mol. The molecule has 4 rings (SSSR count). The van der Waals surface area contributed by atoms with Crippen LogP contribution in [0.2, 0.25) is 0 Å². The van der Waals surface area contributed by atoms with Gasteiger partial charge in [-0.25, -0.2) is 0 Å². The lowest BCUT2D eigenvalue weighted by Gasteiger charge is -2.62. The first kappa shape index (κ1) is 27.6. The van der Waals surface area contributed by atoms with Crippen molar-refractivity contribution < 1.29 is 38.9 Å². The van der Waals surface area contributed by atoms with Crippen LogP contribution in [-0.2, 0) is 30.2 Å². The van der Waals surface area contributed by atoms with Gasteiger partial charge in [-0.05, 0) is 45.4 Å². The molecule has 0 aliphatic carbocycles. The third-order valence-electron chi connectivity index (χ3n) is 7.91. The molecule has 3 aliphatic heterocycles. The molecule has 1 aromatic rings. The largest absolute Gasteiger partial charge is 0.359 e. The number of Topliss-reactive ketones (excluding diaryl/α,β-unsaturated/α-hetero) is 1. The maximum atomic E-state index is 13.6. The molecule has 2 N–H and O–H groups in total. The predicted molar refractivity (Wildman–Crippen MR) is 130 cm³/mol. The number of ketones is 1. The number of ether oxygens (including phenoxy) is 3. The van der Waals surface area contributed by atoms with Gasteiger partial charge in [-0.1, -0.05) is 25.1 Å². The summed E-state index contributed by atoms with van der Waals surface area (Å²) in [5, 5.41) is 33.9. The van der Waals surface area contributed by atoms with E-state index < -0.39 is 52.4 Å². The Morgan fingerprint density at radius 2 is 1.89 bits per heavy atom. The van der Waals surface area contributed by atoms with Crippen LogP contribution in [0.4, 0.5) is 5.69 Å². The van der Waals surface area contributed by atoms with Crippen LogP contribution in [0.15, 0.2) is 24.3 Å². The molecule has 5 atom stereocenters. The Hall–Kier alpha value is -2.44. The highest BCUT2D eigenvalue weighted by molar-refractivity contribution is 6.00. The standard InChI is InChI=1S/C26H36N2O9/c1-17(16-37-22-12-6-8-14-36-22)23-25(2,24(30)27(23)21-11-5-7-13-35-21)26(31,32)20(29)15-18-9-3-4-10-19(18)28(33)34/h3-4,9-10,17,21-23,31-32H,5-8,11-16H2,1-2H3. The summed E-state index contributed by atoms with van der Waals surface area (Å²) < 4.78 is 17.4. The molecule has 204 valence electrons. The van der Waals surface area contributed by atoms with Crippen molar-refractivity contribution in [2.45, 2.75) is 83.1 Å². The van der Waals surface area contributed by atoms with Crippen LogP contribution in [0.1, 0.15) is 57.9 Å². The number of carbonyl (C=O) groups is 2. The number of likely N-dealkylation sites (tertiary alicyclic amines) is 1. The molecule has 0 radical (unpaired) electrons. The summed E-state index contributed by atoms with van der Waals surface area (Å²) in [6.45, 7) is 4.46. The van der Waals surface area contributed by atoms with Crippen molar-refractivity contribution in [1.29, 1.82) is 0 Å². The van der Waals surface area contributed by atoms with Gasteiger partial charge in [-0.15, -0.1) is 0 Å². The summed E-state index contributed by atoms with van der Waals surface area (Å²) in [5.74, 6) is -5.16. The highest BCUT2D eigenvalue weighted by Gasteiger charge is 2.72. The Balaban J connectivity index is 1.58. The number of rotatable bonds is 10. The Morgan fingerprint density at radius 1 is 1.22 bits per heavy atom. The molecule has 3 heterocycles. The molecule has 1 amide bonds. The van der Waals surface area contributed by atoms with E-state index in [1.54, 1.807) is 0 Å². The number of benzene rings is 1. The number of hydrogen-bond acceptors (Lipinski definition) is 9. The Bertz CT molecular complexity index is 1000. The van der Waals surface area contributed by atoms with Gasteiger partial charge in [0.2, 0.25) is 11.7 Å². The topological polar surface area (TPSA) is 149 Å². The number of nitrogens with zero attached hydrogens (tertiary/aromatic N) is 2. The first-order chi connectivity index (χ1) is 17.6. The third kappa shape index (κ3) is 5.15. The molecule has 37 heavy (non-hydrogen) atoms. The first-order valence-electron chi connectivity index (χ1n) is 13.0. The van der Waals surface area contributed by atoms with Gasteiger partial charge in [-0.3, -0.25) is 19.7 Å². The van der Waals surface area contributed by atoms with Crippen molar-refractivity contribution in [2.24, 2.45) is 11.3 Å². The predicted octanol–water partition coefficient (Wildman–Crippen LogP) is 2.31. The first-order valence-corrected chi connectivity index (χ1v) is 13.0. The minimum absolute atomic E-state index is 0.0372. The lowest BCUT2D eigenvalue weighted by atomic mass is 9.60. The van der Waals surface area contributed by atoms with Crippen LogP contribution in [0, 0.1) is 21.4 Å². The monoisotopic (exact) mass is 520 g/mol. The quantitative estimate of drug-likeness (QED) is 0.205. The fourth-order valence-corrected chi connectivity index (χ4v) is 5.80. The summed E-state index contributed by atoms with van der Waals surface area (Å²) in [5.41, 5.74) is -2.17. The highest BCUT2D eigenvalue weighted by Crippen LogP contribution is 2.52. The van der Waals surface area contributed by atoms with Gasteiger partial charge in [0.1, 0.15) is 11.6 Å². The lowest BCUT2D eigenvalue weighted by Crippen LogP contribution is -2.81. The number of carbonyl (C=O) groups excluding carboxylic acids is 2. The van der Waals surface area contributed by atoms with Crippen molar-refractivity contribution in [1.82, 2.24) is 4.90 Å². The van der Waals surface area contributed by atoms with E-state index in [4.69, 9.17) is 14.2 Å². The van der Waals surface area contributed by atoms with E-state index in [0.29, 0.717) is 19.6 Å². The van der Waals surface area contributed by atoms with Crippen LogP contribution in [0.5, 0.6) is 0 Å². The van der Waals surface area contributed by atoms with Gasteiger partial charge >= 0.3 is 0 Å².